The molecule has 0 spiro atoms. The summed E-state index contributed by atoms with van der Waals surface area (Å²) in [6.07, 6.45) is 7.01. The fraction of sp³-hybridized carbons (Fsp3) is 0.412. The van der Waals surface area contributed by atoms with Gasteiger partial charge < -0.3 is 0 Å². The predicted molar refractivity (Wildman–Crippen MR) is 73.8 cm³/mol. The maximum absolute atomic E-state index is 2.36. The minimum absolute atomic E-state index is 0.350. The molecule has 0 N–H and O–H groups in total. The van der Waals surface area contributed by atoms with Crippen LogP contribution >= 0.6 is 0 Å². The minimum Gasteiger partial charge on any atom is -0.0798 e. The molecular formula is C17H20. The highest BCUT2D eigenvalue weighted by molar-refractivity contribution is 5.79. The summed E-state index contributed by atoms with van der Waals surface area (Å²) in [5.74, 6) is 0.672. The molecule has 2 aliphatic carbocycles. The van der Waals surface area contributed by atoms with Gasteiger partial charge in [0, 0.05) is 0 Å². The molecule has 1 atom stereocenters. The molecule has 1 aromatic rings. The number of hydrogen-bond acceptors (Lipinski definition) is 0. The van der Waals surface area contributed by atoms with Crippen molar-refractivity contribution in [2.45, 2.75) is 33.6 Å². The quantitative estimate of drug-likeness (QED) is 0.603. The zero-order valence-electron chi connectivity index (χ0n) is 11.0. The van der Waals surface area contributed by atoms with E-state index in [-0.39, 0.29) is 0 Å². The summed E-state index contributed by atoms with van der Waals surface area (Å²) in [6.45, 7) is 7.09. The number of rotatable bonds is 0. The van der Waals surface area contributed by atoms with E-state index in [0.717, 1.165) is 6.42 Å². The summed E-state index contributed by atoms with van der Waals surface area (Å²) in [5, 5.41) is 0. The lowest BCUT2D eigenvalue weighted by molar-refractivity contribution is 0.280. The largest absolute Gasteiger partial charge is 0.0798 e. The Labute approximate surface area is 104 Å². The van der Waals surface area contributed by atoms with Crippen molar-refractivity contribution in [3.05, 3.63) is 53.1 Å². The second-order valence-electron chi connectivity index (χ2n) is 6.32. The van der Waals surface area contributed by atoms with E-state index >= 15 is 0 Å². The average Bonchev–Trinajstić information content (AvgIpc) is 2.75. The van der Waals surface area contributed by atoms with Crippen molar-refractivity contribution in [2.24, 2.45) is 11.3 Å². The molecule has 17 heavy (non-hydrogen) atoms. The van der Waals surface area contributed by atoms with Crippen molar-refractivity contribution >= 4 is 5.57 Å². The van der Waals surface area contributed by atoms with E-state index in [1.165, 1.54) is 17.5 Å². The van der Waals surface area contributed by atoms with Crippen LogP contribution in [0.25, 0.3) is 5.57 Å². The zero-order valence-corrected chi connectivity index (χ0v) is 11.0. The van der Waals surface area contributed by atoms with Gasteiger partial charge in [-0.2, -0.15) is 0 Å². The van der Waals surface area contributed by atoms with E-state index in [1.54, 1.807) is 11.1 Å². The monoisotopic (exact) mass is 224 g/mol. The van der Waals surface area contributed by atoms with Gasteiger partial charge in [0.15, 0.2) is 0 Å². The first-order chi connectivity index (χ1) is 8.07. The third kappa shape index (κ3) is 1.67. The Kier molecular flexibility index (Phi) is 2.29. The Balaban J connectivity index is 2.15. The van der Waals surface area contributed by atoms with Gasteiger partial charge in [0.05, 0.1) is 0 Å². The van der Waals surface area contributed by atoms with E-state index in [0.29, 0.717) is 11.3 Å². The molecular weight excluding hydrogens is 204 g/mol. The molecule has 0 aromatic heterocycles. The fourth-order valence-corrected chi connectivity index (χ4v) is 3.21. The molecule has 1 aromatic carbocycles. The van der Waals surface area contributed by atoms with Gasteiger partial charge in [-0.15, -0.1) is 0 Å². The van der Waals surface area contributed by atoms with Gasteiger partial charge in [-0.3, -0.25) is 0 Å². The highest BCUT2D eigenvalue weighted by Crippen LogP contribution is 2.46. The van der Waals surface area contributed by atoms with Crippen LogP contribution in [0, 0.1) is 11.3 Å². The third-order valence-corrected chi connectivity index (χ3v) is 4.16. The van der Waals surface area contributed by atoms with Gasteiger partial charge in [-0.25, -0.2) is 0 Å². The summed E-state index contributed by atoms with van der Waals surface area (Å²) in [6, 6.07) is 8.93. The maximum Gasteiger partial charge on any atom is -0.00696 e. The Bertz CT molecular complexity index is 509. The molecule has 0 heterocycles. The molecule has 0 nitrogen and oxygen atoms in total. The van der Waals surface area contributed by atoms with E-state index in [1.807, 2.05) is 0 Å². The highest BCUT2D eigenvalue weighted by Gasteiger charge is 2.34. The molecule has 3 rings (SSSR count). The van der Waals surface area contributed by atoms with Crippen molar-refractivity contribution in [1.29, 1.82) is 0 Å². The molecule has 0 radical (unpaired) electrons. The van der Waals surface area contributed by atoms with E-state index in [9.17, 15) is 0 Å². The van der Waals surface area contributed by atoms with Crippen LogP contribution in [0.5, 0.6) is 0 Å². The summed E-state index contributed by atoms with van der Waals surface area (Å²) in [7, 11) is 0. The Morgan fingerprint density at radius 2 is 1.88 bits per heavy atom. The maximum atomic E-state index is 2.36. The molecule has 0 bridgehead atoms. The fourth-order valence-electron chi connectivity index (χ4n) is 3.21. The standard InChI is InChI=1S/C17H20/c1-17(2,3)16-11-12-7-4-5-8-13(12)14-9-6-10-15(14)16/h4-8,10,16H,9,11H2,1-3H3. The zero-order chi connectivity index (χ0) is 12.0. The van der Waals surface area contributed by atoms with Crippen LogP contribution in [0.3, 0.4) is 0 Å². The first-order valence-electron chi connectivity index (χ1n) is 6.55. The smallest absolute Gasteiger partial charge is 0.00696 e. The van der Waals surface area contributed by atoms with Gasteiger partial charge in [-0.05, 0) is 46.4 Å². The van der Waals surface area contributed by atoms with Crippen LogP contribution in [0.4, 0.5) is 0 Å². The SMILES string of the molecule is CC(C)(C)C1Cc2ccccc2C2=C1C=CC2. The lowest BCUT2D eigenvalue weighted by Crippen LogP contribution is -2.27. The van der Waals surface area contributed by atoms with Crippen LogP contribution < -0.4 is 0 Å². The van der Waals surface area contributed by atoms with Gasteiger partial charge >= 0.3 is 0 Å². The van der Waals surface area contributed by atoms with Crippen LogP contribution in [-0.2, 0) is 6.42 Å². The molecule has 2 aliphatic rings. The topological polar surface area (TPSA) is 0 Å². The first kappa shape index (κ1) is 10.8. The summed E-state index contributed by atoms with van der Waals surface area (Å²) in [4.78, 5) is 0. The van der Waals surface area contributed by atoms with Crippen LogP contribution in [0.1, 0.15) is 38.3 Å². The number of allylic oxidation sites excluding steroid dienone is 4. The van der Waals surface area contributed by atoms with Gasteiger partial charge in [0.1, 0.15) is 0 Å². The normalized spacial score (nSPS) is 22.6. The molecule has 0 aliphatic heterocycles. The predicted octanol–water partition coefficient (Wildman–Crippen LogP) is 4.62. The van der Waals surface area contributed by atoms with E-state index < -0.39 is 0 Å². The second kappa shape index (κ2) is 3.60. The number of fused-ring (bicyclic) bond motifs is 2. The van der Waals surface area contributed by atoms with Crippen molar-refractivity contribution < 1.29 is 0 Å². The third-order valence-electron chi connectivity index (χ3n) is 4.16. The molecule has 88 valence electrons. The summed E-state index contributed by atoms with van der Waals surface area (Å²) < 4.78 is 0. The molecule has 1 unspecified atom stereocenters. The molecule has 0 saturated heterocycles. The minimum atomic E-state index is 0.350. The molecule has 0 heteroatoms. The van der Waals surface area contributed by atoms with Crippen molar-refractivity contribution in [1.82, 2.24) is 0 Å². The highest BCUT2D eigenvalue weighted by atomic mass is 14.4. The van der Waals surface area contributed by atoms with Crippen LogP contribution in [0.15, 0.2) is 42.0 Å². The Morgan fingerprint density at radius 1 is 1.12 bits per heavy atom. The number of benzene rings is 1. The molecule has 0 saturated carbocycles. The van der Waals surface area contributed by atoms with Crippen molar-refractivity contribution in [3.63, 3.8) is 0 Å². The lowest BCUT2D eigenvalue weighted by Gasteiger charge is -2.36. The van der Waals surface area contributed by atoms with Crippen molar-refractivity contribution in [2.75, 3.05) is 0 Å². The first-order valence-corrected chi connectivity index (χ1v) is 6.55. The second-order valence-corrected chi connectivity index (χ2v) is 6.32. The van der Waals surface area contributed by atoms with Gasteiger partial charge in [-0.1, -0.05) is 57.2 Å². The van der Waals surface area contributed by atoms with E-state index in [4.69, 9.17) is 0 Å². The van der Waals surface area contributed by atoms with Crippen LogP contribution in [0.2, 0.25) is 0 Å². The summed E-state index contributed by atoms with van der Waals surface area (Å²) in [5.41, 5.74) is 6.55. The summed E-state index contributed by atoms with van der Waals surface area (Å²) >= 11 is 0. The Hall–Kier alpha value is -1.30. The van der Waals surface area contributed by atoms with Crippen LogP contribution in [-0.4, -0.2) is 0 Å². The molecule has 0 fully saturated rings. The van der Waals surface area contributed by atoms with Gasteiger partial charge in [0.25, 0.3) is 0 Å². The van der Waals surface area contributed by atoms with Crippen molar-refractivity contribution in [3.8, 4) is 0 Å². The number of hydrogen-bond donors (Lipinski definition) is 0. The molecule has 0 amide bonds. The lowest BCUT2D eigenvalue weighted by atomic mass is 9.68. The van der Waals surface area contributed by atoms with Gasteiger partial charge in [0.2, 0.25) is 0 Å². The Morgan fingerprint density at radius 3 is 2.65 bits per heavy atom. The average molecular weight is 224 g/mol. The van der Waals surface area contributed by atoms with E-state index in [2.05, 4.69) is 57.2 Å².